The molecule has 1 aliphatic heterocycles. The summed E-state index contributed by atoms with van der Waals surface area (Å²) in [5, 5.41) is 0.915. The van der Waals surface area contributed by atoms with Crippen molar-refractivity contribution in [3.63, 3.8) is 0 Å². The van der Waals surface area contributed by atoms with Gasteiger partial charge in [0.25, 0.3) is 0 Å². The number of ether oxygens (including phenoxy) is 1. The number of likely N-dealkylation sites (N-methyl/N-ethyl adjacent to an activating group) is 2. The number of para-hydroxylation sites is 1. The van der Waals surface area contributed by atoms with E-state index in [1.165, 1.54) is 0 Å². The number of nitrogens with one attached hydrogen (secondary N) is 1. The van der Waals surface area contributed by atoms with Gasteiger partial charge in [-0.1, -0.05) is 18.2 Å². The average Bonchev–Trinajstić information content (AvgIpc) is 2.82. The second-order valence-electron chi connectivity index (χ2n) is 5.80. The summed E-state index contributed by atoms with van der Waals surface area (Å²) in [6.07, 6.45) is 1.64. The Hall–Kier alpha value is -1.85. The molecule has 0 spiro atoms. The van der Waals surface area contributed by atoms with Crippen molar-refractivity contribution in [3.05, 3.63) is 36.0 Å². The molecule has 5 nitrogen and oxygen atoms in total. The van der Waals surface area contributed by atoms with Crippen LogP contribution in [0.3, 0.4) is 0 Å². The summed E-state index contributed by atoms with van der Waals surface area (Å²) in [5.41, 5.74) is 1.57. The van der Waals surface area contributed by atoms with E-state index < -0.39 is 0 Å². The molecule has 0 bridgehead atoms. The molecule has 1 aromatic heterocycles. The number of hydrogen-bond acceptors (Lipinski definition) is 4. The van der Waals surface area contributed by atoms with Crippen LogP contribution in [0, 0.1) is 0 Å². The number of fused-ring (bicyclic) bond motifs is 1. The number of H-pyrrole nitrogens is 1. The molecular formula is C16H21N3O2. The van der Waals surface area contributed by atoms with Crippen molar-refractivity contribution >= 4 is 16.9 Å². The van der Waals surface area contributed by atoms with E-state index in [0.29, 0.717) is 5.56 Å². The number of aromatic amines is 1. The van der Waals surface area contributed by atoms with E-state index in [2.05, 4.69) is 28.9 Å². The SMILES string of the molecule is CN1CCN(C)CC(OC(=O)c2c[nH]c3ccccc23)C1. The summed E-state index contributed by atoms with van der Waals surface area (Å²) >= 11 is 0. The Morgan fingerprint density at radius 1 is 1.19 bits per heavy atom. The van der Waals surface area contributed by atoms with Crippen LogP contribution < -0.4 is 0 Å². The monoisotopic (exact) mass is 287 g/mol. The fourth-order valence-corrected chi connectivity index (χ4v) is 2.81. The van der Waals surface area contributed by atoms with Crippen LogP contribution in [0.2, 0.25) is 0 Å². The molecule has 0 unspecified atom stereocenters. The van der Waals surface area contributed by atoms with Crippen LogP contribution in [0.25, 0.3) is 10.9 Å². The summed E-state index contributed by atoms with van der Waals surface area (Å²) in [4.78, 5) is 20.0. The number of hydrogen-bond donors (Lipinski definition) is 1. The lowest BCUT2D eigenvalue weighted by Gasteiger charge is -2.21. The van der Waals surface area contributed by atoms with Crippen LogP contribution in [0.15, 0.2) is 30.5 Å². The molecule has 21 heavy (non-hydrogen) atoms. The molecule has 0 amide bonds. The molecule has 1 fully saturated rings. The minimum Gasteiger partial charge on any atom is -0.456 e. The molecule has 3 rings (SSSR count). The second-order valence-corrected chi connectivity index (χ2v) is 5.80. The minimum absolute atomic E-state index is 0.0938. The molecular weight excluding hydrogens is 266 g/mol. The van der Waals surface area contributed by atoms with Gasteiger partial charge in [-0.15, -0.1) is 0 Å². The third kappa shape index (κ3) is 3.09. The first-order valence-corrected chi connectivity index (χ1v) is 7.27. The molecule has 0 aliphatic carbocycles. The number of esters is 1. The van der Waals surface area contributed by atoms with E-state index in [1.807, 2.05) is 24.3 Å². The van der Waals surface area contributed by atoms with Gasteiger partial charge in [-0.05, 0) is 20.2 Å². The van der Waals surface area contributed by atoms with E-state index in [4.69, 9.17) is 4.74 Å². The van der Waals surface area contributed by atoms with Gasteiger partial charge in [-0.2, -0.15) is 0 Å². The normalized spacial score (nSPS) is 18.8. The van der Waals surface area contributed by atoms with Crippen LogP contribution in [0.5, 0.6) is 0 Å². The van der Waals surface area contributed by atoms with Gasteiger partial charge >= 0.3 is 5.97 Å². The molecule has 0 saturated carbocycles. The van der Waals surface area contributed by atoms with Gasteiger partial charge in [0.15, 0.2) is 0 Å². The van der Waals surface area contributed by atoms with Crippen molar-refractivity contribution in [1.29, 1.82) is 0 Å². The molecule has 1 aliphatic rings. The first kappa shape index (κ1) is 14.1. The summed E-state index contributed by atoms with van der Waals surface area (Å²) < 4.78 is 5.72. The lowest BCUT2D eigenvalue weighted by molar-refractivity contribution is 0.0215. The van der Waals surface area contributed by atoms with Gasteiger partial charge in [-0.3, -0.25) is 0 Å². The Balaban J connectivity index is 1.76. The standard InChI is InChI=1S/C16H21N3O2/c1-18-7-8-19(2)11-12(10-18)21-16(20)14-9-17-15-6-4-3-5-13(14)15/h3-6,9,12,17H,7-8,10-11H2,1-2H3. The number of rotatable bonds is 2. The largest absolute Gasteiger partial charge is 0.456 e. The Kier molecular flexibility index (Phi) is 3.94. The highest BCUT2D eigenvalue weighted by atomic mass is 16.5. The van der Waals surface area contributed by atoms with Crippen molar-refractivity contribution < 1.29 is 9.53 Å². The summed E-state index contributed by atoms with van der Waals surface area (Å²) in [6.45, 7) is 3.55. The number of nitrogens with zero attached hydrogens (tertiary/aromatic N) is 2. The number of carbonyl (C=O) groups is 1. The van der Waals surface area contributed by atoms with Gasteiger partial charge in [0.2, 0.25) is 0 Å². The zero-order valence-corrected chi connectivity index (χ0v) is 12.5. The smallest absolute Gasteiger partial charge is 0.340 e. The number of carbonyl (C=O) groups excluding carboxylic acids is 1. The fraction of sp³-hybridized carbons (Fsp3) is 0.438. The fourth-order valence-electron chi connectivity index (χ4n) is 2.81. The van der Waals surface area contributed by atoms with Crippen LogP contribution in [-0.2, 0) is 4.74 Å². The highest BCUT2D eigenvalue weighted by molar-refractivity contribution is 6.04. The quantitative estimate of drug-likeness (QED) is 0.852. The lowest BCUT2D eigenvalue weighted by Crippen LogP contribution is -2.35. The highest BCUT2D eigenvalue weighted by Crippen LogP contribution is 2.19. The molecule has 2 heterocycles. The number of benzene rings is 1. The molecule has 1 N–H and O–H groups in total. The number of aromatic nitrogens is 1. The second kappa shape index (κ2) is 5.87. The Morgan fingerprint density at radius 2 is 1.86 bits per heavy atom. The summed E-state index contributed by atoms with van der Waals surface area (Å²) in [5.74, 6) is -0.249. The van der Waals surface area contributed by atoms with Crippen molar-refractivity contribution in [1.82, 2.24) is 14.8 Å². The topological polar surface area (TPSA) is 48.6 Å². The maximum absolute atomic E-state index is 12.4. The van der Waals surface area contributed by atoms with Crippen LogP contribution in [0.1, 0.15) is 10.4 Å². The first-order chi connectivity index (χ1) is 10.1. The Morgan fingerprint density at radius 3 is 2.57 bits per heavy atom. The van der Waals surface area contributed by atoms with Crippen molar-refractivity contribution in [2.24, 2.45) is 0 Å². The third-order valence-electron chi connectivity index (χ3n) is 3.98. The summed E-state index contributed by atoms with van der Waals surface area (Å²) in [6, 6.07) is 7.77. The van der Waals surface area contributed by atoms with E-state index in [-0.39, 0.29) is 12.1 Å². The molecule has 2 aromatic rings. The first-order valence-electron chi connectivity index (χ1n) is 7.27. The molecule has 1 saturated heterocycles. The van der Waals surface area contributed by atoms with Crippen LogP contribution in [-0.4, -0.2) is 67.1 Å². The van der Waals surface area contributed by atoms with Crippen LogP contribution in [0.4, 0.5) is 0 Å². The minimum atomic E-state index is -0.249. The molecule has 0 atom stereocenters. The average molecular weight is 287 g/mol. The summed E-state index contributed by atoms with van der Waals surface area (Å²) in [7, 11) is 4.12. The third-order valence-corrected chi connectivity index (χ3v) is 3.98. The molecule has 1 aromatic carbocycles. The van der Waals surface area contributed by atoms with E-state index in [9.17, 15) is 4.79 Å². The predicted octanol–water partition coefficient (Wildman–Crippen LogP) is 1.57. The zero-order chi connectivity index (χ0) is 14.8. The maximum atomic E-state index is 12.4. The lowest BCUT2D eigenvalue weighted by atomic mass is 10.2. The van der Waals surface area contributed by atoms with Gasteiger partial charge < -0.3 is 19.5 Å². The van der Waals surface area contributed by atoms with Crippen molar-refractivity contribution in [2.75, 3.05) is 40.3 Å². The van der Waals surface area contributed by atoms with E-state index in [1.54, 1.807) is 6.20 Å². The van der Waals surface area contributed by atoms with Crippen molar-refractivity contribution in [3.8, 4) is 0 Å². The van der Waals surface area contributed by atoms with E-state index in [0.717, 1.165) is 37.1 Å². The molecule has 0 radical (unpaired) electrons. The van der Waals surface area contributed by atoms with Crippen LogP contribution >= 0.6 is 0 Å². The van der Waals surface area contributed by atoms with Gasteiger partial charge in [0, 0.05) is 43.3 Å². The Bertz CT molecular complexity index is 625. The Labute approximate surface area is 124 Å². The van der Waals surface area contributed by atoms with E-state index >= 15 is 0 Å². The van der Waals surface area contributed by atoms with Gasteiger partial charge in [-0.25, -0.2) is 4.79 Å². The van der Waals surface area contributed by atoms with Gasteiger partial charge in [0.1, 0.15) is 6.10 Å². The van der Waals surface area contributed by atoms with Crippen molar-refractivity contribution in [2.45, 2.75) is 6.10 Å². The molecule has 5 heteroatoms. The predicted molar refractivity (Wildman–Crippen MR) is 82.5 cm³/mol. The highest BCUT2D eigenvalue weighted by Gasteiger charge is 2.23. The van der Waals surface area contributed by atoms with Gasteiger partial charge in [0.05, 0.1) is 5.56 Å². The maximum Gasteiger partial charge on any atom is 0.340 e. The molecule has 112 valence electrons. The zero-order valence-electron chi connectivity index (χ0n) is 12.5.